The van der Waals surface area contributed by atoms with Crippen LogP contribution in [-0.4, -0.2) is 42.0 Å². The first-order chi connectivity index (χ1) is 11.7. The lowest BCUT2D eigenvalue weighted by atomic mass is 9.97. The van der Waals surface area contributed by atoms with Gasteiger partial charge in [0, 0.05) is 25.0 Å². The summed E-state index contributed by atoms with van der Waals surface area (Å²) in [5.74, 6) is 1.28. The minimum Gasteiger partial charge on any atom is -0.370 e. The number of nitrogens with one attached hydrogen (secondary N) is 1. The Kier molecular flexibility index (Phi) is 11.6. The summed E-state index contributed by atoms with van der Waals surface area (Å²) in [6.07, 6.45) is 7.43. The average Bonchev–Trinajstić information content (AvgIpc) is 2.99. The minimum atomic E-state index is 0. The molecule has 0 atom stereocenters. The zero-order valence-electron chi connectivity index (χ0n) is 15.7. The van der Waals surface area contributed by atoms with Gasteiger partial charge in [-0.25, -0.2) is 4.98 Å². The van der Waals surface area contributed by atoms with Crippen molar-refractivity contribution in [2.75, 3.05) is 26.2 Å². The van der Waals surface area contributed by atoms with Crippen LogP contribution in [0.5, 0.6) is 0 Å². The van der Waals surface area contributed by atoms with Crippen LogP contribution < -0.4 is 11.1 Å². The fourth-order valence-corrected chi connectivity index (χ4v) is 3.69. The largest absolute Gasteiger partial charge is 0.370 e. The number of nitrogens with zero attached hydrogens (tertiary/aromatic N) is 3. The number of piperidine rings is 1. The van der Waals surface area contributed by atoms with Crippen LogP contribution in [0, 0.1) is 12.8 Å². The van der Waals surface area contributed by atoms with Crippen LogP contribution in [0.1, 0.15) is 56.2 Å². The van der Waals surface area contributed by atoms with Crippen LogP contribution in [0.15, 0.2) is 10.4 Å². The quantitative estimate of drug-likeness (QED) is 0.245. The van der Waals surface area contributed by atoms with Gasteiger partial charge in [-0.3, -0.25) is 9.89 Å². The summed E-state index contributed by atoms with van der Waals surface area (Å²) >= 11 is 1.74. The number of rotatable bonds is 9. The molecule has 1 aliphatic heterocycles. The molecule has 0 amide bonds. The Morgan fingerprint density at radius 1 is 1.36 bits per heavy atom. The van der Waals surface area contributed by atoms with Gasteiger partial charge in [0.05, 0.1) is 10.7 Å². The van der Waals surface area contributed by atoms with E-state index in [-0.39, 0.29) is 24.0 Å². The number of hydrogen-bond donors (Lipinski definition) is 2. The van der Waals surface area contributed by atoms with Crippen LogP contribution >= 0.6 is 35.3 Å². The monoisotopic (exact) mass is 479 g/mol. The van der Waals surface area contributed by atoms with Gasteiger partial charge in [-0.05, 0) is 45.2 Å². The first kappa shape index (κ1) is 22.6. The summed E-state index contributed by atoms with van der Waals surface area (Å²) in [4.78, 5) is 11.6. The molecule has 0 bridgehead atoms. The molecule has 0 aromatic carbocycles. The maximum atomic E-state index is 5.96. The lowest BCUT2D eigenvalue weighted by Crippen LogP contribution is -2.36. The summed E-state index contributed by atoms with van der Waals surface area (Å²) in [6, 6.07) is 0. The van der Waals surface area contributed by atoms with Crippen molar-refractivity contribution in [3.8, 4) is 0 Å². The van der Waals surface area contributed by atoms with Crippen LogP contribution in [0.3, 0.4) is 0 Å². The number of thiazole rings is 1. The number of aliphatic imine (C=N–C) groups is 1. The van der Waals surface area contributed by atoms with E-state index in [4.69, 9.17) is 5.73 Å². The Labute approximate surface area is 173 Å². The molecular weight excluding hydrogens is 445 g/mol. The predicted octanol–water partition coefficient (Wildman–Crippen LogP) is 3.77. The molecule has 1 fully saturated rings. The summed E-state index contributed by atoms with van der Waals surface area (Å²) in [7, 11) is 0. The van der Waals surface area contributed by atoms with Crippen LogP contribution in [0.2, 0.25) is 0 Å². The van der Waals surface area contributed by atoms with Gasteiger partial charge in [0.15, 0.2) is 5.96 Å². The van der Waals surface area contributed by atoms with Crippen molar-refractivity contribution in [3.63, 3.8) is 0 Å². The van der Waals surface area contributed by atoms with Crippen molar-refractivity contribution in [1.82, 2.24) is 15.2 Å². The molecule has 3 N–H and O–H groups in total. The zero-order valence-corrected chi connectivity index (χ0v) is 18.8. The molecule has 25 heavy (non-hydrogen) atoms. The highest BCUT2D eigenvalue weighted by Crippen LogP contribution is 2.20. The SMILES string of the molecule is CCCCCCNC(N)=NCC1CCN(Cc2csc(C)n2)CC1.I. The van der Waals surface area contributed by atoms with E-state index in [9.17, 15) is 0 Å². The van der Waals surface area contributed by atoms with Crippen LogP contribution in [0.25, 0.3) is 0 Å². The van der Waals surface area contributed by atoms with Crippen molar-refractivity contribution in [3.05, 3.63) is 16.1 Å². The molecule has 5 nitrogen and oxygen atoms in total. The molecule has 1 aromatic heterocycles. The molecule has 2 rings (SSSR count). The highest BCUT2D eigenvalue weighted by atomic mass is 127. The standard InChI is InChI=1S/C18H33N5S.HI/c1-3-4-5-6-9-20-18(19)21-12-16-7-10-23(11-8-16)13-17-14-24-15(2)22-17;/h14,16H,3-13H2,1-2H3,(H3,19,20,21);1H. The van der Waals surface area contributed by atoms with E-state index in [1.165, 1.54) is 44.2 Å². The van der Waals surface area contributed by atoms with Gasteiger partial charge < -0.3 is 11.1 Å². The third-order valence-electron chi connectivity index (χ3n) is 4.62. The lowest BCUT2D eigenvalue weighted by molar-refractivity contribution is 0.179. The first-order valence-electron chi connectivity index (χ1n) is 9.34. The summed E-state index contributed by atoms with van der Waals surface area (Å²) in [5, 5.41) is 6.57. The van der Waals surface area contributed by atoms with Gasteiger partial charge in [0.1, 0.15) is 0 Å². The molecular formula is C18H34IN5S. The molecule has 0 aliphatic carbocycles. The Balaban J connectivity index is 0.00000312. The highest BCUT2D eigenvalue weighted by Gasteiger charge is 2.19. The minimum absolute atomic E-state index is 0. The van der Waals surface area contributed by atoms with Gasteiger partial charge in [-0.15, -0.1) is 35.3 Å². The molecule has 1 saturated heterocycles. The topological polar surface area (TPSA) is 66.5 Å². The van der Waals surface area contributed by atoms with E-state index in [1.807, 2.05) is 0 Å². The second kappa shape index (κ2) is 12.9. The van der Waals surface area contributed by atoms with E-state index in [0.29, 0.717) is 11.9 Å². The van der Waals surface area contributed by atoms with Crippen molar-refractivity contribution in [1.29, 1.82) is 0 Å². The molecule has 0 radical (unpaired) electrons. The molecule has 144 valence electrons. The third kappa shape index (κ3) is 9.19. The molecule has 1 aromatic rings. The lowest BCUT2D eigenvalue weighted by Gasteiger charge is -2.30. The van der Waals surface area contributed by atoms with Crippen molar-refractivity contribution in [2.45, 2.75) is 58.9 Å². The second-order valence-electron chi connectivity index (χ2n) is 6.79. The molecule has 2 heterocycles. The summed E-state index contributed by atoms with van der Waals surface area (Å²) < 4.78 is 0. The van der Waals surface area contributed by atoms with E-state index in [1.54, 1.807) is 11.3 Å². The number of hydrogen-bond acceptors (Lipinski definition) is 4. The maximum Gasteiger partial charge on any atom is 0.188 e. The molecule has 0 saturated carbocycles. The number of aryl methyl sites for hydroxylation is 1. The van der Waals surface area contributed by atoms with Crippen molar-refractivity contribution >= 4 is 41.3 Å². The molecule has 1 aliphatic rings. The molecule has 0 unspecified atom stereocenters. The number of halogens is 1. The number of unbranched alkanes of at least 4 members (excludes halogenated alkanes) is 3. The fourth-order valence-electron chi connectivity index (χ4n) is 3.09. The Bertz CT molecular complexity index is 497. The number of nitrogens with two attached hydrogens (primary N) is 1. The van der Waals surface area contributed by atoms with Gasteiger partial charge in [0.2, 0.25) is 0 Å². The molecule has 7 heteroatoms. The van der Waals surface area contributed by atoms with Crippen molar-refractivity contribution in [2.24, 2.45) is 16.6 Å². The average molecular weight is 479 g/mol. The van der Waals surface area contributed by atoms with Gasteiger partial charge in [-0.2, -0.15) is 0 Å². The smallest absolute Gasteiger partial charge is 0.188 e. The third-order valence-corrected chi connectivity index (χ3v) is 5.44. The fraction of sp³-hybridized carbons (Fsp3) is 0.778. The predicted molar refractivity (Wildman–Crippen MR) is 119 cm³/mol. The number of likely N-dealkylation sites (tertiary alicyclic amines) is 1. The number of aromatic nitrogens is 1. The Hall–Kier alpha value is -0.410. The van der Waals surface area contributed by atoms with E-state index in [2.05, 4.69) is 39.4 Å². The Morgan fingerprint density at radius 3 is 2.76 bits per heavy atom. The van der Waals surface area contributed by atoms with Crippen LogP contribution in [0.4, 0.5) is 0 Å². The van der Waals surface area contributed by atoms with Gasteiger partial charge in [-0.1, -0.05) is 26.2 Å². The second-order valence-corrected chi connectivity index (χ2v) is 7.85. The van der Waals surface area contributed by atoms with E-state index < -0.39 is 0 Å². The normalized spacial score (nSPS) is 16.6. The van der Waals surface area contributed by atoms with Gasteiger partial charge >= 0.3 is 0 Å². The number of guanidine groups is 1. The highest BCUT2D eigenvalue weighted by molar-refractivity contribution is 14.0. The van der Waals surface area contributed by atoms with Crippen LogP contribution in [-0.2, 0) is 6.54 Å². The zero-order chi connectivity index (χ0) is 17.2. The van der Waals surface area contributed by atoms with E-state index >= 15 is 0 Å². The van der Waals surface area contributed by atoms with E-state index in [0.717, 1.165) is 37.7 Å². The first-order valence-corrected chi connectivity index (χ1v) is 10.2. The molecule has 0 spiro atoms. The maximum absolute atomic E-state index is 5.96. The Morgan fingerprint density at radius 2 is 2.12 bits per heavy atom. The summed E-state index contributed by atoms with van der Waals surface area (Å²) in [5.41, 5.74) is 7.17. The summed E-state index contributed by atoms with van der Waals surface area (Å²) in [6.45, 7) is 9.37. The van der Waals surface area contributed by atoms with Crippen molar-refractivity contribution < 1.29 is 0 Å². The van der Waals surface area contributed by atoms with Gasteiger partial charge in [0.25, 0.3) is 0 Å².